The van der Waals surface area contributed by atoms with Crippen molar-refractivity contribution in [2.45, 2.75) is 38.5 Å². The van der Waals surface area contributed by atoms with Crippen LogP contribution in [0.1, 0.15) is 38.5 Å². The van der Waals surface area contributed by atoms with Crippen molar-refractivity contribution in [2.75, 3.05) is 19.6 Å². The summed E-state index contributed by atoms with van der Waals surface area (Å²) in [6.07, 6.45) is 9.88. The van der Waals surface area contributed by atoms with Crippen molar-refractivity contribution >= 4 is 17.7 Å². The van der Waals surface area contributed by atoms with Gasteiger partial charge in [0.25, 0.3) is 0 Å². The number of carbonyl (C=O) groups excluding carboxylic acids is 3. The van der Waals surface area contributed by atoms with E-state index in [1.54, 1.807) is 0 Å². The number of rotatable bonds is 3. The Morgan fingerprint density at radius 2 is 1.52 bits per heavy atom. The highest BCUT2D eigenvalue weighted by atomic mass is 16.2. The molecule has 3 fully saturated rings. The summed E-state index contributed by atoms with van der Waals surface area (Å²) < 4.78 is 0. The van der Waals surface area contributed by atoms with E-state index in [-0.39, 0.29) is 54.4 Å². The van der Waals surface area contributed by atoms with Gasteiger partial charge in [-0.3, -0.25) is 19.3 Å². The number of piperidine rings is 1. The van der Waals surface area contributed by atoms with E-state index in [4.69, 9.17) is 0 Å². The van der Waals surface area contributed by atoms with E-state index in [2.05, 4.69) is 12.2 Å². The van der Waals surface area contributed by atoms with Crippen LogP contribution in [0.3, 0.4) is 0 Å². The van der Waals surface area contributed by atoms with Crippen molar-refractivity contribution in [3.63, 3.8) is 0 Å². The molecule has 2 aliphatic heterocycles. The molecule has 5 heteroatoms. The van der Waals surface area contributed by atoms with Gasteiger partial charge in [0.05, 0.1) is 11.8 Å². The summed E-state index contributed by atoms with van der Waals surface area (Å²) in [4.78, 5) is 40.9. The highest BCUT2D eigenvalue weighted by Gasteiger charge is 2.56. The van der Waals surface area contributed by atoms with E-state index in [0.29, 0.717) is 0 Å². The van der Waals surface area contributed by atoms with Gasteiger partial charge in [0, 0.05) is 26.1 Å². The first-order chi connectivity index (χ1) is 11.2. The monoisotopic (exact) mass is 316 g/mol. The molecule has 0 spiro atoms. The average Bonchev–Trinajstić information content (AvgIpc) is 2.88. The van der Waals surface area contributed by atoms with Crippen molar-refractivity contribution in [3.05, 3.63) is 12.2 Å². The van der Waals surface area contributed by atoms with Crippen LogP contribution in [0, 0.1) is 23.7 Å². The first-order valence-electron chi connectivity index (χ1n) is 8.98. The van der Waals surface area contributed by atoms with Crippen LogP contribution in [-0.2, 0) is 14.4 Å². The van der Waals surface area contributed by atoms with E-state index in [1.165, 1.54) is 11.3 Å². The molecule has 5 nitrogen and oxygen atoms in total. The molecule has 3 amide bonds. The average molecular weight is 316 g/mol. The normalized spacial score (nSPS) is 35.8. The van der Waals surface area contributed by atoms with Gasteiger partial charge in [-0.25, -0.2) is 0 Å². The van der Waals surface area contributed by atoms with Crippen molar-refractivity contribution in [3.8, 4) is 0 Å². The molecular weight excluding hydrogens is 292 g/mol. The minimum absolute atomic E-state index is 0.0366. The zero-order valence-corrected chi connectivity index (χ0v) is 13.4. The van der Waals surface area contributed by atoms with E-state index in [9.17, 15) is 14.4 Å². The second-order valence-electron chi connectivity index (χ2n) is 7.36. The van der Waals surface area contributed by atoms with Gasteiger partial charge in [0.15, 0.2) is 0 Å². The van der Waals surface area contributed by atoms with Gasteiger partial charge in [0.1, 0.15) is 0 Å². The van der Waals surface area contributed by atoms with Gasteiger partial charge in [-0.1, -0.05) is 12.2 Å². The molecule has 0 unspecified atom stereocenters. The number of carbonyl (C=O) groups is 3. The van der Waals surface area contributed by atoms with Crippen LogP contribution in [0.4, 0.5) is 0 Å². The number of allylic oxidation sites excluding steroid dienone is 2. The summed E-state index contributed by atoms with van der Waals surface area (Å²) in [5.74, 6) is 0.151. The third kappa shape index (κ3) is 2.41. The van der Waals surface area contributed by atoms with Gasteiger partial charge in [-0.15, -0.1) is 0 Å². The molecule has 0 aromatic heterocycles. The predicted molar refractivity (Wildman–Crippen MR) is 84.1 cm³/mol. The smallest absolute Gasteiger partial charge is 0.233 e. The molecule has 2 saturated heterocycles. The Morgan fingerprint density at radius 3 is 2.04 bits per heavy atom. The molecule has 0 N–H and O–H groups in total. The lowest BCUT2D eigenvalue weighted by Crippen LogP contribution is -2.39. The van der Waals surface area contributed by atoms with Gasteiger partial charge in [-0.05, 0) is 43.9 Å². The summed E-state index contributed by atoms with van der Waals surface area (Å²) >= 11 is 0. The number of hydrogen-bond acceptors (Lipinski definition) is 3. The SMILES string of the molecule is O=C(CCN1C(=O)[C@@H]2[C@H](C1=O)[C@H]1C=C[C@H]2CC1)N1CCCCC1. The molecule has 1 saturated carbocycles. The maximum atomic E-state index is 12.7. The Morgan fingerprint density at radius 1 is 0.957 bits per heavy atom. The second-order valence-corrected chi connectivity index (χ2v) is 7.36. The fourth-order valence-corrected chi connectivity index (χ4v) is 4.87. The maximum absolute atomic E-state index is 12.7. The largest absolute Gasteiger partial charge is 0.343 e. The van der Waals surface area contributed by atoms with Crippen LogP contribution in [0.25, 0.3) is 0 Å². The zero-order chi connectivity index (χ0) is 16.0. The van der Waals surface area contributed by atoms with E-state index in [1.807, 2.05) is 4.90 Å². The highest BCUT2D eigenvalue weighted by Crippen LogP contribution is 2.49. The molecule has 2 heterocycles. The molecule has 3 aliphatic carbocycles. The quantitative estimate of drug-likeness (QED) is 0.587. The van der Waals surface area contributed by atoms with Crippen molar-refractivity contribution < 1.29 is 14.4 Å². The second kappa shape index (κ2) is 5.77. The van der Waals surface area contributed by atoms with Crippen molar-refractivity contribution in [1.29, 1.82) is 0 Å². The molecule has 23 heavy (non-hydrogen) atoms. The number of amides is 3. The standard InChI is InChI=1S/C18H24N2O3/c21-14(19-9-2-1-3-10-19)8-11-20-17(22)15-12-4-5-13(7-6-12)16(15)18(20)23/h4-5,12-13,15-16H,1-3,6-11H2/t12-,13-,15-,16+/m0/s1. The van der Waals surface area contributed by atoms with Crippen LogP contribution in [0.5, 0.6) is 0 Å². The number of imide groups is 1. The topological polar surface area (TPSA) is 57.7 Å². The molecule has 0 aromatic rings. The Hall–Kier alpha value is -1.65. The summed E-state index contributed by atoms with van der Waals surface area (Å²) in [5.41, 5.74) is 0. The Kier molecular flexibility index (Phi) is 3.74. The third-order valence-electron chi connectivity index (χ3n) is 6.11. The van der Waals surface area contributed by atoms with Gasteiger partial charge in [-0.2, -0.15) is 0 Å². The van der Waals surface area contributed by atoms with Crippen LogP contribution in [-0.4, -0.2) is 47.2 Å². The number of hydrogen-bond donors (Lipinski definition) is 0. The van der Waals surface area contributed by atoms with Crippen molar-refractivity contribution in [2.24, 2.45) is 23.7 Å². The summed E-state index contributed by atoms with van der Waals surface area (Å²) in [6.45, 7) is 1.90. The molecular formula is C18H24N2O3. The van der Waals surface area contributed by atoms with Crippen LogP contribution in [0.15, 0.2) is 12.2 Å². The minimum atomic E-state index is -0.156. The molecule has 124 valence electrons. The third-order valence-corrected chi connectivity index (χ3v) is 6.11. The lowest BCUT2D eigenvalue weighted by Gasteiger charge is -2.38. The first-order valence-corrected chi connectivity index (χ1v) is 8.98. The molecule has 5 aliphatic rings. The first kappa shape index (κ1) is 14.9. The summed E-state index contributed by atoms with van der Waals surface area (Å²) in [6, 6.07) is 0. The van der Waals surface area contributed by atoms with E-state index >= 15 is 0 Å². The predicted octanol–water partition coefficient (Wildman–Crippen LogP) is 1.59. The number of fused-ring (bicyclic) bond motifs is 1. The lowest BCUT2D eigenvalue weighted by atomic mass is 9.63. The summed E-state index contributed by atoms with van der Waals surface area (Å²) in [5, 5.41) is 0. The number of nitrogens with zero attached hydrogens (tertiary/aromatic N) is 2. The maximum Gasteiger partial charge on any atom is 0.233 e. The Bertz CT molecular complexity index is 533. The fourth-order valence-electron chi connectivity index (χ4n) is 4.87. The van der Waals surface area contributed by atoms with Gasteiger partial charge < -0.3 is 4.90 Å². The van der Waals surface area contributed by atoms with E-state index < -0.39 is 0 Å². The van der Waals surface area contributed by atoms with Crippen LogP contribution in [0.2, 0.25) is 0 Å². The molecule has 0 radical (unpaired) electrons. The fraction of sp³-hybridized carbons (Fsp3) is 0.722. The van der Waals surface area contributed by atoms with Gasteiger partial charge >= 0.3 is 0 Å². The number of likely N-dealkylation sites (tertiary alicyclic amines) is 2. The van der Waals surface area contributed by atoms with Gasteiger partial charge in [0.2, 0.25) is 17.7 Å². The summed E-state index contributed by atoms with van der Waals surface area (Å²) in [7, 11) is 0. The van der Waals surface area contributed by atoms with E-state index in [0.717, 1.165) is 38.8 Å². The molecule has 0 aromatic carbocycles. The Labute approximate surface area is 136 Å². The van der Waals surface area contributed by atoms with Crippen LogP contribution < -0.4 is 0 Å². The van der Waals surface area contributed by atoms with Crippen LogP contribution >= 0.6 is 0 Å². The minimum Gasteiger partial charge on any atom is -0.343 e. The molecule has 4 atom stereocenters. The molecule has 2 bridgehead atoms. The Balaban J connectivity index is 1.41. The molecule has 5 rings (SSSR count). The lowest BCUT2D eigenvalue weighted by molar-refractivity contribution is -0.141. The zero-order valence-electron chi connectivity index (χ0n) is 13.4. The van der Waals surface area contributed by atoms with Crippen molar-refractivity contribution in [1.82, 2.24) is 9.80 Å². The highest BCUT2D eigenvalue weighted by molar-refractivity contribution is 6.06.